The first-order valence-electron chi connectivity index (χ1n) is 20.7. The lowest BCUT2D eigenvalue weighted by Crippen LogP contribution is -2.28. The summed E-state index contributed by atoms with van der Waals surface area (Å²) in [5.41, 5.74) is 19.0. The van der Waals surface area contributed by atoms with Crippen LogP contribution < -0.4 is 0 Å². The fraction of sp³-hybridized carbons (Fsp3) is 0.0172. The molecule has 2 aromatic heterocycles. The van der Waals surface area contributed by atoms with Gasteiger partial charge in [-0.05, 0) is 97.1 Å². The highest BCUT2D eigenvalue weighted by atomic mass is 14.9. The minimum absolute atomic E-state index is 0.451. The SMILES string of the molecule is c1ccc(-c2nc(-c3ccc(-c4ccncc4)cc3)cc(-c3cccc(-c4cccc(-c5cccc6c5-c5ccccc5C6(c5ccccc5)c5ccccc5)c4)c3)n2)cc1. The van der Waals surface area contributed by atoms with Crippen molar-refractivity contribution in [3.63, 3.8) is 0 Å². The molecule has 0 fully saturated rings. The molecule has 11 rings (SSSR count). The standard InChI is InChI=1S/C58H39N3/c1-4-15-43(16-5-1)57-60-54(42-31-29-40(30-32-42)41-33-35-59-36-34-41)39-55(61-57)47-20-13-18-45(38-47)44-17-12-19-46(37-44)50-26-14-28-53-56(50)51-25-10-11-27-52(51)58(53,48-21-6-2-7-22-48)49-23-8-3-9-24-49/h1-39H. The van der Waals surface area contributed by atoms with Gasteiger partial charge >= 0.3 is 0 Å². The van der Waals surface area contributed by atoms with Crippen molar-refractivity contribution >= 4 is 0 Å². The lowest BCUT2D eigenvalue weighted by molar-refractivity contribution is 0.768. The van der Waals surface area contributed by atoms with Crippen LogP contribution in [0.1, 0.15) is 22.3 Å². The molecule has 0 saturated heterocycles. The third-order valence-electron chi connectivity index (χ3n) is 12.1. The van der Waals surface area contributed by atoms with Gasteiger partial charge in [-0.25, -0.2) is 9.97 Å². The van der Waals surface area contributed by atoms with Crippen LogP contribution in [0.15, 0.2) is 237 Å². The largest absolute Gasteiger partial charge is 0.265 e. The van der Waals surface area contributed by atoms with E-state index in [9.17, 15) is 0 Å². The van der Waals surface area contributed by atoms with Gasteiger partial charge in [0.05, 0.1) is 16.8 Å². The summed E-state index contributed by atoms with van der Waals surface area (Å²) in [4.78, 5) is 14.5. The van der Waals surface area contributed by atoms with Gasteiger partial charge in [0.1, 0.15) is 0 Å². The summed E-state index contributed by atoms with van der Waals surface area (Å²) in [5.74, 6) is 0.694. The first-order chi connectivity index (χ1) is 30.2. The summed E-state index contributed by atoms with van der Waals surface area (Å²) in [6.07, 6.45) is 3.65. The molecule has 1 aliphatic rings. The number of nitrogens with zero attached hydrogens (tertiary/aromatic N) is 3. The molecular formula is C58H39N3. The Morgan fingerprint density at radius 2 is 0.770 bits per heavy atom. The molecule has 0 atom stereocenters. The molecule has 0 unspecified atom stereocenters. The third kappa shape index (κ3) is 6.35. The molecule has 61 heavy (non-hydrogen) atoms. The number of aromatic nitrogens is 3. The van der Waals surface area contributed by atoms with Gasteiger partial charge in [0, 0.05) is 29.1 Å². The van der Waals surface area contributed by atoms with Crippen LogP contribution in [-0.4, -0.2) is 15.0 Å². The molecule has 3 nitrogen and oxygen atoms in total. The van der Waals surface area contributed by atoms with Crippen LogP contribution in [0.5, 0.6) is 0 Å². The molecule has 3 heteroatoms. The smallest absolute Gasteiger partial charge is 0.160 e. The van der Waals surface area contributed by atoms with Crippen molar-refractivity contribution in [2.45, 2.75) is 5.41 Å². The van der Waals surface area contributed by atoms with E-state index in [2.05, 4.69) is 199 Å². The van der Waals surface area contributed by atoms with Crippen LogP contribution in [-0.2, 0) is 5.41 Å². The minimum atomic E-state index is -0.451. The average molecular weight is 778 g/mol. The van der Waals surface area contributed by atoms with Crippen LogP contribution in [0.2, 0.25) is 0 Å². The van der Waals surface area contributed by atoms with Crippen LogP contribution in [0.4, 0.5) is 0 Å². The Morgan fingerprint density at radius 1 is 0.295 bits per heavy atom. The van der Waals surface area contributed by atoms with Crippen molar-refractivity contribution in [3.8, 4) is 78.4 Å². The predicted molar refractivity (Wildman–Crippen MR) is 250 cm³/mol. The van der Waals surface area contributed by atoms with Crippen molar-refractivity contribution < 1.29 is 0 Å². The van der Waals surface area contributed by atoms with Gasteiger partial charge < -0.3 is 0 Å². The number of hydrogen-bond donors (Lipinski definition) is 0. The number of fused-ring (bicyclic) bond motifs is 3. The summed E-state index contributed by atoms with van der Waals surface area (Å²) >= 11 is 0. The van der Waals surface area contributed by atoms with Crippen molar-refractivity contribution in [2.75, 3.05) is 0 Å². The number of rotatable bonds is 8. The van der Waals surface area contributed by atoms with E-state index in [-0.39, 0.29) is 0 Å². The molecule has 0 aliphatic heterocycles. The number of benzene rings is 8. The molecule has 10 aromatic rings. The van der Waals surface area contributed by atoms with E-state index in [1.807, 2.05) is 42.7 Å². The first kappa shape index (κ1) is 36.1. The fourth-order valence-electron chi connectivity index (χ4n) is 9.30. The Morgan fingerprint density at radius 3 is 1.46 bits per heavy atom. The van der Waals surface area contributed by atoms with Crippen molar-refractivity contribution in [1.29, 1.82) is 0 Å². The molecule has 1 aliphatic carbocycles. The predicted octanol–water partition coefficient (Wildman–Crippen LogP) is 14.2. The molecule has 0 saturated carbocycles. The average Bonchev–Trinajstić information content (AvgIpc) is 3.66. The maximum absolute atomic E-state index is 5.17. The Hall–Kier alpha value is -8.01. The number of pyridine rings is 1. The minimum Gasteiger partial charge on any atom is -0.265 e. The Kier molecular flexibility index (Phi) is 9.05. The van der Waals surface area contributed by atoms with E-state index < -0.39 is 5.41 Å². The monoisotopic (exact) mass is 777 g/mol. The van der Waals surface area contributed by atoms with Crippen LogP contribution in [0.3, 0.4) is 0 Å². The van der Waals surface area contributed by atoms with Crippen molar-refractivity contribution in [1.82, 2.24) is 15.0 Å². The summed E-state index contributed by atoms with van der Waals surface area (Å²) in [6.45, 7) is 0. The number of hydrogen-bond acceptors (Lipinski definition) is 3. The summed E-state index contributed by atoms with van der Waals surface area (Å²) < 4.78 is 0. The maximum Gasteiger partial charge on any atom is 0.160 e. The summed E-state index contributed by atoms with van der Waals surface area (Å²) in [7, 11) is 0. The van der Waals surface area contributed by atoms with Crippen molar-refractivity contribution in [2.24, 2.45) is 0 Å². The van der Waals surface area contributed by atoms with Gasteiger partial charge in [-0.15, -0.1) is 0 Å². The van der Waals surface area contributed by atoms with Gasteiger partial charge in [-0.2, -0.15) is 0 Å². The summed E-state index contributed by atoms with van der Waals surface area (Å²) in [5, 5.41) is 0. The van der Waals surface area contributed by atoms with Gasteiger partial charge in [0.25, 0.3) is 0 Å². The summed E-state index contributed by atoms with van der Waals surface area (Å²) in [6, 6.07) is 80.5. The highest BCUT2D eigenvalue weighted by Crippen LogP contribution is 2.58. The van der Waals surface area contributed by atoms with Crippen molar-refractivity contribution in [3.05, 3.63) is 259 Å². The molecule has 286 valence electrons. The van der Waals surface area contributed by atoms with E-state index >= 15 is 0 Å². The zero-order valence-electron chi connectivity index (χ0n) is 33.4. The molecule has 0 N–H and O–H groups in total. The van der Waals surface area contributed by atoms with E-state index in [4.69, 9.17) is 9.97 Å². The Labute approximate surface area is 356 Å². The van der Waals surface area contributed by atoms with Crippen LogP contribution in [0.25, 0.3) is 78.4 Å². The van der Waals surface area contributed by atoms with Gasteiger partial charge in [-0.3, -0.25) is 4.98 Å². The van der Waals surface area contributed by atoms with E-state index in [0.29, 0.717) is 5.82 Å². The topological polar surface area (TPSA) is 38.7 Å². The molecule has 0 amide bonds. The van der Waals surface area contributed by atoms with Gasteiger partial charge in [0.15, 0.2) is 5.82 Å². The second kappa shape index (κ2) is 15.3. The Bertz CT molecular complexity index is 3120. The lowest BCUT2D eigenvalue weighted by Gasteiger charge is -2.34. The second-order valence-electron chi connectivity index (χ2n) is 15.6. The maximum atomic E-state index is 5.17. The molecule has 8 aromatic carbocycles. The highest BCUT2D eigenvalue weighted by Gasteiger charge is 2.46. The Balaban J connectivity index is 1.01. The van der Waals surface area contributed by atoms with Crippen LogP contribution >= 0.6 is 0 Å². The third-order valence-corrected chi connectivity index (χ3v) is 12.1. The lowest BCUT2D eigenvalue weighted by atomic mass is 9.67. The van der Waals surface area contributed by atoms with E-state index in [0.717, 1.165) is 50.3 Å². The normalized spacial score (nSPS) is 12.4. The van der Waals surface area contributed by atoms with Crippen LogP contribution in [0, 0.1) is 0 Å². The highest BCUT2D eigenvalue weighted by molar-refractivity contribution is 5.96. The molecule has 0 spiro atoms. The van der Waals surface area contributed by atoms with E-state index in [1.54, 1.807) is 0 Å². The van der Waals surface area contributed by atoms with E-state index in [1.165, 1.54) is 44.5 Å². The molecule has 0 bridgehead atoms. The molecule has 2 heterocycles. The van der Waals surface area contributed by atoms with Gasteiger partial charge in [0.2, 0.25) is 0 Å². The van der Waals surface area contributed by atoms with Gasteiger partial charge in [-0.1, -0.05) is 194 Å². The first-order valence-corrected chi connectivity index (χ1v) is 20.7. The molecule has 0 radical (unpaired) electrons. The zero-order valence-corrected chi connectivity index (χ0v) is 33.4. The zero-order chi connectivity index (χ0) is 40.6. The quantitative estimate of drug-likeness (QED) is 0.154. The molecular weight excluding hydrogens is 739 g/mol. The second-order valence-corrected chi connectivity index (χ2v) is 15.6. The fourth-order valence-corrected chi connectivity index (χ4v) is 9.30.